The van der Waals surface area contributed by atoms with E-state index in [-0.39, 0.29) is 24.0 Å². The fraction of sp³-hybridized carbons (Fsp3) is 0.650. The van der Waals surface area contributed by atoms with Gasteiger partial charge >= 0.3 is 0 Å². The minimum absolute atomic E-state index is 0. The Balaban J connectivity index is 0.00000243. The molecule has 3 rings (SSSR count). The normalized spacial score (nSPS) is 24.9. The summed E-state index contributed by atoms with van der Waals surface area (Å²) in [4.78, 5) is 7.07. The quantitative estimate of drug-likeness (QED) is 0.362. The van der Waals surface area contributed by atoms with Gasteiger partial charge in [0.2, 0.25) is 0 Å². The van der Waals surface area contributed by atoms with E-state index in [2.05, 4.69) is 57.1 Å². The Hall–Kier alpha value is -0.470. The summed E-state index contributed by atoms with van der Waals surface area (Å²) in [6.45, 7) is 3.30. The maximum atomic E-state index is 4.46. The van der Waals surface area contributed by atoms with E-state index in [1.165, 1.54) is 50.8 Å². The molecule has 0 aromatic heterocycles. The number of nitrogens with one attached hydrogen (secondary N) is 2. The molecule has 4 nitrogen and oxygen atoms in total. The lowest BCUT2D eigenvalue weighted by molar-refractivity contribution is 0.245. The van der Waals surface area contributed by atoms with Crippen LogP contribution in [0.15, 0.2) is 35.3 Å². The van der Waals surface area contributed by atoms with Gasteiger partial charge in [-0.1, -0.05) is 30.3 Å². The molecule has 1 saturated heterocycles. The molecule has 1 aromatic carbocycles. The highest BCUT2D eigenvalue weighted by Crippen LogP contribution is 2.28. The predicted molar refractivity (Wildman–Crippen MR) is 125 cm³/mol. The molecule has 1 aromatic rings. The number of thioether (sulfide) groups is 1. The van der Waals surface area contributed by atoms with Crippen molar-refractivity contribution in [1.82, 2.24) is 15.5 Å². The van der Waals surface area contributed by atoms with Gasteiger partial charge in [-0.2, -0.15) is 11.8 Å². The average molecular weight is 488 g/mol. The van der Waals surface area contributed by atoms with E-state index in [0.29, 0.717) is 12.1 Å². The van der Waals surface area contributed by atoms with E-state index >= 15 is 0 Å². The lowest BCUT2D eigenvalue weighted by Gasteiger charge is -2.29. The maximum absolute atomic E-state index is 4.46. The SMILES string of the molecule is CN=C(NCC(c1ccccc1)N1CCCC1)NC1CCC(SC)C1.I. The summed E-state index contributed by atoms with van der Waals surface area (Å²) in [5, 5.41) is 8.03. The Labute approximate surface area is 180 Å². The molecule has 1 aliphatic heterocycles. The first-order chi connectivity index (χ1) is 12.3. The molecule has 0 radical (unpaired) electrons. The van der Waals surface area contributed by atoms with Crippen molar-refractivity contribution in [3.05, 3.63) is 35.9 Å². The molecular weight excluding hydrogens is 455 g/mol. The lowest BCUT2D eigenvalue weighted by Crippen LogP contribution is -2.45. The molecule has 0 spiro atoms. The molecule has 6 heteroatoms. The van der Waals surface area contributed by atoms with Crippen LogP contribution in [0.1, 0.15) is 43.7 Å². The second kappa shape index (κ2) is 11.4. The smallest absolute Gasteiger partial charge is 0.191 e. The van der Waals surface area contributed by atoms with E-state index in [0.717, 1.165) is 17.8 Å². The molecule has 1 saturated carbocycles. The lowest BCUT2D eigenvalue weighted by atomic mass is 10.1. The third-order valence-corrected chi connectivity index (χ3v) is 6.61. The largest absolute Gasteiger partial charge is 0.354 e. The second-order valence-corrected chi connectivity index (χ2v) is 8.27. The molecular formula is C20H33IN4S. The summed E-state index contributed by atoms with van der Waals surface area (Å²) in [6, 6.07) is 11.9. The molecule has 3 atom stereocenters. The van der Waals surface area contributed by atoms with Gasteiger partial charge in [-0.05, 0) is 57.0 Å². The van der Waals surface area contributed by atoms with Crippen LogP contribution >= 0.6 is 35.7 Å². The van der Waals surface area contributed by atoms with E-state index in [1.807, 2.05) is 18.8 Å². The number of benzene rings is 1. The number of halogens is 1. The van der Waals surface area contributed by atoms with Crippen molar-refractivity contribution in [3.63, 3.8) is 0 Å². The summed E-state index contributed by atoms with van der Waals surface area (Å²) >= 11 is 2.00. The van der Waals surface area contributed by atoms with Crippen LogP contribution in [0.4, 0.5) is 0 Å². The summed E-state index contributed by atoms with van der Waals surface area (Å²) in [7, 11) is 1.88. The van der Waals surface area contributed by atoms with E-state index in [9.17, 15) is 0 Å². The topological polar surface area (TPSA) is 39.7 Å². The third-order valence-electron chi connectivity index (χ3n) is 5.51. The fourth-order valence-electron chi connectivity index (χ4n) is 4.05. The fourth-order valence-corrected chi connectivity index (χ4v) is 4.85. The summed E-state index contributed by atoms with van der Waals surface area (Å²) in [5.74, 6) is 0.951. The van der Waals surface area contributed by atoms with Gasteiger partial charge in [-0.25, -0.2) is 0 Å². The van der Waals surface area contributed by atoms with E-state index in [4.69, 9.17) is 0 Å². The monoisotopic (exact) mass is 488 g/mol. The molecule has 1 heterocycles. The number of guanidine groups is 1. The van der Waals surface area contributed by atoms with Gasteiger partial charge in [-0.3, -0.25) is 9.89 Å². The van der Waals surface area contributed by atoms with Crippen molar-refractivity contribution in [2.45, 2.75) is 49.4 Å². The highest BCUT2D eigenvalue weighted by molar-refractivity contribution is 14.0. The zero-order chi connectivity index (χ0) is 17.5. The number of rotatable bonds is 6. The summed E-state index contributed by atoms with van der Waals surface area (Å²) in [6.07, 6.45) is 8.66. The molecule has 2 N–H and O–H groups in total. The number of nitrogens with zero attached hydrogens (tertiary/aromatic N) is 2. The number of hydrogen-bond acceptors (Lipinski definition) is 3. The Morgan fingerprint density at radius 3 is 2.58 bits per heavy atom. The summed E-state index contributed by atoms with van der Waals surface area (Å²) in [5.41, 5.74) is 1.40. The van der Waals surface area contributed by atoms with Crippen LogP contribution in [-0.2, 0) is 0 Å². The minimum Gasteiger partial charge on any atom is -0.354 e. The zero-order valence-electron chi connectivity index (χ0n) is 16.0. The molecule has 2 fully saturated rings. The Bertz CT molecular complexity index is 548. The van der Waals surface area contributed by atoms with Crippen molar-refractivity contribution in [1.29, 1.82) is 0 Å². The van der Waals surface area contributed by atoms with Crippen LogP contribution in [-0.4, -0.2) is 55.1 Å². The number of likely N-dealkylation sites (tertiary alicyclic amines) is 1. The first-order valence-corrected chi connectivity index (χ1v) is 10.9. The zero-order valence-corrected chi connectivity index (χ0v) is 19.1. The highest BCUT2D eigenvalue weighted by atomic mass is 127. The predicted octanol–water partition coefficient (Wildman–Crippen LogP) is 3.89. The molecule has 0 amide bonds. The number of aliphatic imine (C=N–C) groups is 1. The van der Waals surface area contributed by atoms with Gasteiger partial charge in [0.25, 0.3) is 0 Å². The Kier molecular flexibility index (Phi) is 9.56. The summed E-state index contributed by atoms with van der Waals surface area (Å²) < 4.78 is 0. The average Bonchev–Trinajstić information content (AvgIpc) is 3.33. The third kappa shape index (κ3) is 6.02. The van der Waals surface area contributed by atoms with Crippen LogP contribution in [0.3, 0.4) is 0 Å². The Morgan fingerprint density at radius 2 is 1.96 bits per heavy atom. The van der Waals surface area contributed by atoms with Crippen LogP contribution in [0, 0.1) is 0 Å². The van der Waals surface area contributed by atoms with Crippen molar-refractivity contribution in [2.24, 2.45) is 4.99 Å². The first kappa shape index (κ1) is 21.8. The van der Waals surface area contributed by atoms with Gasteiger partial charge in [0, 0.05) is 24.9 Å². The standard InChI is InChI=1S/C20H32N4S.HI/c1-21-20(23-17-10-11-18(14-17)25-2)22-15-19(24-12-6-7-13-24)16-8-4-3-5-9-16;/h3-5,8-9,17-19H,6-7,10-15H2,1-2H3,(H2,21,22,23);1H. The number of hydrogen-bond donors (Lipinski definition) is 2. The van der Waals surface area contributed by atoms with Crippen molar-refractivity contribution >= 4 is 41.7 Å². The Morgan fingerprint density at radius 1 is 1.23 bits per heavy atom. The molecule has 2 aliphatic rings. The minimum atomic E-state index is 0. The van der Waals surface area contributed by atoms with Gasteiger partial charge in [0.15, 0.2) is 5.96 Å². The van der Waals surface area contributed by atoms with E-state index < -0.39 is 0 Å². The van der Waals surface area contributed by atoms with Crippen LogP contribution in [0.2, 0.25) is 0 Å². The first-order valence-electron chi connectivity index (χ1n) is 9.59. The molecule has 3 unspecified atom stereocenters. The molecule has 1 aliphatic carbocycles. The van der Waals surface area contributed by atoms with Crippen molar-refractivity contribution in [3.8, 4) is 0 Å². The van der Waals surface area contributed by atoms with Gasteiger partial charge < -0.3 is 10.6 Å². The maximum Gasteiger partial charge on any atom is 0.191 e. The van der Waals surface area contributed by atoms with E-state index in [1.54, 1.807) is 0 Å². The van der Waals surface area contributed by atoms with Gasteiger partial charge in [0.1, 0.15) is 0 Å². The second-order valence-electron chi connectivity index (χ2n) is 7.13. The molecule has 146 valence electrons. The highest BCUT2D eigenvalue weighted by Gasteiger charge is 2.26. The van der Waals surface area contributed by atoms with Crippen LogP contribution in [0.5, 0.6) is 0 Å². The molecule has 0 bridgehead atoms. The van der Waals surface area contributed by atoms with Crippen molar-refractivity contribution < 1.29 is 0 Å². The van der Waals surface area contributed by atoms with Crippen LogP contribution in [0.25, 0.3) is 0 Å². The van der Waals surface area contributed by atoms with Gasteiger partial charge in [-0.15, -0.1) is 24.0 Å². The van der Waals surface area contributed by atoms with Crippen molar-refractivity contribution in [2.75, 3.05) is 32.9 Å². The molecule has 26 heavy (non-hydrogen) atoms. The van der Waals surface area contributed by atoms with Gasteiger partial charge in [0.05, 0.1) is 6.04 Å². The van der Waals surface area contributed by atoms with Crippen LogP contribution < -0.4 is 10.6 Å².